The van der Waals surface area contributed by atoms with E-state index in [1.165, 1.54) is 6.42 Å². The maximum atomic E-state index is 11.9. The van der Waals surface area contributed by atoms with Crippen molar-refractivity contribution in [3.8, 4) is 0 Å². The SMILES string of the molecule is CC(C)[C@H](N)C(=O)N1CCC[C@@H](C)C1. The molecule has 0 aromatic rings. The van der Waals surface area contributed by atoms with E-state index in [2.05, 4.69) is 6.92 Å². The van der Waals surface area contributed by atoms with Crippen molar-refractivity contribution in [1.29, 1.82) is 0 Å². The Kier molecular flexibility index (Phi) is 3.93. The second-order valence-electron chi connectivity index (χ2n) is 4.80. The first-order chi connectivity index (χ1) is 6.52. The fourth-order valence-corrected chi connectivity index (χ4v) is 1.89. The Labute approximate surface area is 86.6 Å². The van der Waals surface area contributed by atoms with Crippen LogP contribution >= 0.6 is 0 Å². The van der Waals surface area contributed by atoms with Gasteiger partial charge in [0.1, 0.15) is 0 Å². The van der Waals surface area contributed by atoms with Gasteiger partial charge >= 0.3 is 0 Å². The molecule has 0 aromatic heterocycles. The van der Waals surface area contributed by atoms with Gasteiger partial charge in [0.15, 0.2) is 0 Å². The number of amides is 1. The molecule has 0 aromatic carbocycles. The van der Waals surface area contributed by atoms with Crippen molar-refractivity contribution in [2.24, 2.45) is 17.6 Å². The standard InChI is InChI=1S/C11H22N2O/c1-8(2)10(12)11(14)13-6-4-5-9(3)7-13/h8-10H,4-7,12H2,1-3H3/t9-,10+/m1/s1. The van der Waals surface area contributed by atoms with Crippen LogP contribution in [0.2, 0.25) is 0 Å². The third-order valence-electron chi connectivity index (χ3n) is 2.97. The highest BCUT2D eigenvalue weighted by molar-refractivity contribution is 5.82. The van der Waals surface area contributed by atoms with Gasteiger partial charge in [0, 0.05) is 13.1 Å². The lowest BCUT2D eigenvalue weighted by molar-refractivity contribution is -0.135. The molecule has 82 valence electrons. The summed E-state index contributed by atoms with van der Waals surface area (Å²) in [5, 5.41) is 0. The zero-order valence-electron chi connectivity index (χ0n) is 9.49. The Morgan fingerprint density at radius 3 is 2.64 bits per heavy atom. The molecule has 1 rings (SSSR count). The summed E-state index contributed by atoms with van der Waals surface area (Å²) in [4.78, 5) is 13.8. The molecule has 1 saturated heterocycles. The van der Waals surface area contributed by atoms with Crippen molar-refractivity contribution in [1.82, 2.24) is 4.90 Å². The van der Waals surface area contributed by atoms with Gasteiger partial charge in [-0.1, -0.05) is 20.8 Å². The van der Waals surface area contributed by atoms with Gasteiger partial charge in [-0.05, 0) is 24.7 Å². The molecular formula is C11H22N2O. The van der Waals surface area contributed by atoms with E-state index in [0.717, 1.165) is 19.5 Å². The number of hydrogen-bond donors (Lipinski definition) is 1. The van der Waals surface area contributed by atoms with E-state index in [9.17, 15) is 4.79 Å². The molecule has 2 atom stereocenters. The van der Waals surface area contributed by atoms with Crippen LogP contribution in [0.5, 0.6) is 0 Å². The van der Waals surface area contributed by atoms with E-state index >= 15 is 0 Å². The fraction of sp³-hybridized carbons (Fsp3) is 0.909. The molecular weight excluding hydrogens is 176 g/mol. The molecule has 1 heterocycles. The van der Waals surface area contributed by atoms with Gasteiger partial charge in [0.25, 0.3) is 0 Å². The molecule has 0 saturated carbocycles. The minimum atomic E-state index is -0.319. The van der Waals surface area contributed by atoms with Crippen molar-refractivity contribution in [2.75, 3.05) is 13.1 Å². The number of rotatable bonds is 2. The second kappa shape index (κ2) is 4.78. The summed E-state index contributed by atoms with van der Waals surface area (Å²) in [5.41, 5.74) is 5.85. The molecule has 3 nitrogen and oxygen atoms in total. The third kappa shape index (κ3) is 2.71. The van der Waals surface area contributed by atoms with Gasteiger partial charge in [0.2, 0.25) is 5.91 Å². The van der Waals surface area contributed by atoms with Gasteiger partial charge in [-0.3, -0.25) is 4.79 Å². The lowest BCUT2D eigenvalue weighted by Gasteiger charge is -2.33. The lowest BCUT2D eigenvalue weighted by atomic mass is 9.97. The lowest BCUT2D eigenvalue weighted by Crippen LogP contribution is -2.49. The number of carbonyl (C=O) groups excluding carboxylic acids is 1. The molecule has 14 heavy (non-hydrogen) atoms. The molecule has 0 radical (unpaired) electrons. The van der Waals surface area contributed by atoms with Gasteiger partial charge in [-0.25, -0.2) is 0 Å². The summed E-state index contributed by atoms with van der Waals surface area (Å²) in [6.07, 6.45) is 2.36. The summed E-state index contributed by atoms with van der Waals surface area (Å²) in [6, 6.07) is -0.319. The van der Waals surface area contributed by atoms with E-state index in [1.807, 2.05) is 18.7 Å². The molecule has 1 amide bonds. The van der Waals surface area contributed by atoms with Gasteiger partial charge in [0.05, 0.1) is 6.04 Å². The average molecular weight is 198 g/mol. The highest BCUT2D eigenvalue weighted by Crippen LogP contribution is 2.17. The third-order valence-corrected chi connectivity index (χ3v) is 2.97. The number of nitrogens with zero attached hydrogens (tertiary/aromatic N) is 1. The Hall–Kier alpha value is -0.570. The first-order valence-corrected chi connectivity index (χ1v) is 5.56. The molecule has 0 bridgehead atoms. The predicted octanol–water partition coefficient (Wildman–Crippen LogP) is 1.23. The zero-order valence-corrected chi connectivity index (χ0v) is 9.49. The number of nitrogens with two attached hydrogens (primary N) is 1. The zero-order chi connectivity index (χ0) is 10.7. The highest BCUT2D eigenvalue weighted by atomic mass is 16.2. The molecule has 0 unspecified atom stereocenters. The maximum Gasteiger partial charge on any atom is 0.239 e. The van der Waals surface area contributed by atoms with Crippen LogP contribution in [-0.2, 0) is 4.79 Å². The van der Waals surface area contributed by atoms with Gasteiger partial charge in [-0.15, -0.1) is 0 Å². The minimum Gasteiger partial charge on any atom is -0.341 e. The number of likely N-dealkylation sites (tertiary alicyclic amines) is 1. The van der Waals surface area contributed by atoms with Crippen LogP contribution in [0.25, 0.3) is 0 Å². The summed E-state index contributed by atoms with van der Waals surface area (Å²) < 4.78 is 0. The van der Waals surface area contributed by atoms with Gasteiger partial charge in [-0.2, -0.15) is 0 Å². The monoisotopic (exact) mass is 198 g/mol. The van der Waals surface area contributed by atoms with Crippen molar-refractivity contribution >= 4 is 5.91 Å². The number of carbonyl (C=O) groups is 1. The summed E-state index contributed by atoms with van der Waals surface area (Å²) in [7, 11) is 0. The highest BCUT2D eigenvalue weighted by Gasteiger charge is 2.26. The second-order valence-corrected chi connectivity index (χ2v) is 4.80. The Morgan fingerprint density at radius 1 is 1.50 bits per heavy atom. The minimum absolute atomic E-state index is 0.131. The number of piperidine rings is 1. The van der Waals surface area contributed by atoms with E-state index in [4.69, 9.17) is 5.73 Å². The molecule has 1 aliphatic heterocycles. The molecule has 1 aliphatic rings. The first-order valence-electron chi connectivity index (χ1n) is 5.56. The van der Waals surface area contributed by atoms with Crippen LogP contribution in [0, 0.1) is 11.8 Å². The molecule has 2 N–H and O–H groups in total. The van der Waals surface area contributed by atoms with Crippen molar-refractivity contribution < 1.29 is 4.79 Å². The van der Waals surface area contributed by atoms with E-state index in [-0.39, 0.29) is 17.9 Å². The van der Waals surface area contributed by atoms with Crippen molar-refractivity contribution in [3.63, 3.8) is 0 Å². The fourth-order valence-electron chi connectivity index (χ4n) is 1.89. The van der Waals surface area contributed by atoms with E-state index in [0.29, 0.717) is 5.92 Å². The molecule has 0 spiro atoms. The largest absolute Gasteiger partial charge is 0.341 e. The van der Waals surface area contributed by atoms with Crippen LogP contribution in [0.15, 0.2) is 0 Å². The van der Waals surface area contributed by atoms with Crippen molar-refractivity contribution in [2.45, 2.75) is 39.7 Å². The van der Waals surface area contributed by atoms with Crippen LogP contribution in [0.1, 0.15) is 33.6 Å². The number of hydrogen-bond acceptors (Lipinski definition) is 2. The van der Waals surface area contributed by atoms with Gasteiger partial charge < -0.3 is 10.6 Å². The van der Waals surface area contributed by atoms with Crippen LogP contribution in [0.3, 0.4) is 0 Å². The normalized spacial score (nSPS) is 25.2. The summed E-state index contributed by atoms with van der Waals surface area (Å²) in [5.74, 6) is 0.998. The molecule has 1 fully saturated rings. The molecule has 0 aliphatic carbocycles. The van der Waals surface area contributed by atoms with Crippen LogP contribution in [-0.4, -0.2) is 29.9 Å². The first kappa shape index (κ1) is 11.5. The van der Waals surface area contributed by atoms with Crippen molar-refractivity contribution in [3.05, 3.63) is 0 Å². The van der Waals surface area contributed by atoms with E-state index < -0.39 is 0 Å². The quantitative estimate of drug-likeness (QED) is 0.725. The average Bonchev–Trinajstić information content (AvgIpc) is 2.15. The Morgan fingerprint density at radius 2 is 2.14 bits per heavy atom. The molecule has 3 heteroatoms. The topological polar surface area (TPSA) is 46.3 Å². The van der Waals surface area contributed by atoms with E-state index in [1.54, 1.807) is 0 Å². The maximum absolute atomic E-state index is 11.9. The van der Waals surface area contributed by atoms with Crippen LogP contribution < -0.4 is 5.73 Å². The Balaban J connectivity index is 2.51. The van der Waals surface area contributed by atoms with Crippen LogP contribution in [0.4, 0.5) is 0 Å². The summed E-state index contributed by atoms with van der Waals surface area (Å²) in [6.45, 7) is 7.97. The predicted molar refractivity (Wildman–Crippen MR) is 57.8 cm³/mol. The summed E-state index contributed by atoms with van der Waals surface area (Å²) >= 11 is 0. The Bertz CT molecular complexity index is 203. The smallest absolute Gasteiger partial charge is 0.239 e.